The van der Waals surface area contributed by atoms with E-state index in [4.69, 9.17) is 9.47 Å². The molecule has 1 spiro atoms. The van der Waals surface area contributed by atoms with E-state index in [0.717, 1.165) is 46.0 Å². The van der Waals surface area contributed by atoms with Crippen LogP contribution in [0.5, 0.6) is 5.75 Å². The van der Waals surface area contributed by atoms with Gasteiger partial charge in [-0.05, 0) is 60.0 Å². The van der Waals surface area contributed by atoms with Crippen LogP contribution < -0.4 is 19.7 Å². The van der Waals surface area contributed by atoms with E-state index in [9.17, 15) is 9.90 Å². The summed E-state index contributed by atoms with van der Waals surface area (Å²) in [4.78, 5) is 30.9. The first-order chi connectivity index (χ1) is 25.2. The molecule has 4 aromatic carbocycles. The maximum atomic E-state index is 15.2. The fraction of sp³-hybridized carbons (Fsp3) is 0.317. The summed E-state index contributed by atoms with van der Waals surface area (Å²) in [6.45, 7) is 7.85. The Morgan fingerprint density at radius 2 is 1.71 bits per heavy atom. The number of amides is 2. The first-order valence-corrected chi connectivity index (χ1v) is 20.9. The zero-order chi connectivity index (χ0) is 36.5. The summed E-state index contributed by atoms with van der Waals surface area (Å²) in [7, 11) is -0.646. The highest BCUT2D eigenvalue weighted by Crippen LogP contribution is 2.60. The Morgan fingerprint density at radius 1 is 0.981 bits per heavy atom. The van der Waals surface area contributed by atoms with Crippen molar-refractivity contribution in [1.82, 2.24) is 15.0 Å². The molecule has 1 saturated heterocycles. The summed E-state index contributed by atoms with van der Waals surface area (Å²) in [6.07, 6.45) is 3.54. The lowest BCUT2D eigenvalue weighted by atomic mass is 9.82. The lowest BCUT2D eigenvalue weighted by Gasteiger charge is -2.37. The van der Waals surface area contributed by atoms with E-state index in [-0.39, 0.29) is 30.1 Å². The molecule has 1 fully saturated rings. The molecule has 2 aliphatic heterocycles. The first-order valence-electron chi connectivity index (χ1n) is 17.8. The number of aryl methyl sites for hydroxylation is 1. The van der Waals surface area contributed by atoms with Gasteiger partial charge in [0.25, 0.3) is 5.91 Å². The van der Waals surface area contributed by atoms with Crippen molar-refractivity contribution in [3.63, 3.8) is 0 Å². The normalized spacial score (nSPS) is 21.1. The van der Waals surface area contributed by atoms with Gasteiger partial charge in [0.05, 0.1) is 39.2 Å². The van der Waals surface area contributed by atoms with E-state index in [1.807, 2.05) is 107 Å². The van der Waals surface area contributed by atoms with Crippen LogP contribution in [0.1, 0.15) is 30.2 Å². The lowest BCUT2D eigenvalue weighted by molar-refractivity contribution is -0.146. The van der Waals surface area contributed by atoms with Crippen LogP contribution >= 0.6 is 0 Å². The monoisotopic (exact) mass is 715 g/mol. The number of hydrogen-bond acceptors (Lipinski definition) is 7. The molecule has 10 nitrogen and oxygen atoms in total. The van der Waals surface area contributed by atoms with E-state index in [2.05, 4.69) is 42.5 Å². The van der Waals surface area contributed by atoms with Crippen LogP contribution in [-0.2, 0) is 39.4 Å². The second-order valence-electron chi connectivity index (χ2n) is 14.3. The molecule has 0 saturated carbocycles. The van der Waals surface area contributed by atoms with Gasteiger partial charge in [-0.25, -0.2) is 0 Å². The van der Waals surface area contributed by atoms with Gasteiger partial charge in [0.15, 0.2) is 5.60 Å². The van der Waals surface area contributed by atoms with E-state index in [0.29, 0.717) is 25.9 Å². The van der Waals surface area contributed by atoms with Gasteiger partial charge in [-0.15, -0.1) is 5.10 Å². The van der Waals surface area contributed by atoms with Crippen LogP contribution in [0.4, 0.5) is 17.1 Å². The predicted molar refractivity (Wildman–Crippen MR) is 204 cm³/mol. The van der Waals surface area contributed by atoms with Crippen molar-refractivity contribution in [2.24, 2.45) is 5.92 Å². The molecule has 0 radical (unpaired) electrons. The number of anilines is 3. The van der Waals surface area contributed by atoms with E-state index in [1.54, 1.807) is 12.0 Å². The second-order valence-corrected chi connectivity index (χ2v) is 19.0. The summed E-state index contributed by atoms with van der Waals surface area (Å²) in [6, 6.07) is 33.7. The van der Waals surface area contributed by atoms with Crippen molar-refractivity contribution in [2.75, 3.05) is 23.5 Å². The van der Waals surface area contributed by atoms with Crippen LogP contribution in [0, 0.1) is 5.92 Å². The minimum absolute atomic E-state index is 0.0128. The number of para-hydroxylation sites is 2. The molecule has 3 heterocycles. The third-order valence-corrected chi connectivity index (χ3v) is 15.4. The van der Waals surface area contributed by atoms with Gasteiger partial charge in [-0.1, -0.05) is 91.1 Å². The molecule has 1 aromatic heterocycles. The molecule has 0 aliphatic carbocycles. The molecule has 2 amide bonds. The molecular weight excluding hydrogens is 671 g/mol. The van der Waals surface area contributed by atoms with Gasteiger partial charge < -0.3 is 19.5 Å². The second kappa shape index (κ2) is 14.5. The number of nitrogens with zero attached hydrogens (tertiary/aromatic N) is 5. The SMILES string of the molecule is COc1ccc([Si](C)(C)[C@@H]2[C@@H](CCn3cc(CCO)nn3)O[C@]3(C(=O)N(Cc4cccc(N(C=O)c5ccccc5)c4)c4ccccc43)[C@H]2C)cc1. The summed E-state index contributed by atoms with van der Waals surface area (Å²) in [5.41, 5.74) is 3.76. The Morgan fingerprint density at radius 3 is 2.44 bits per heavy atom. The molecule has 2 aliphatic rings. The highest BCUT2D eigenvalue weighted by atomic mass is 28.3. The first kappa shape index (κ1) is 35.3. The lowest BCUT2D eigenvalue weighted by Crippen LogP contribution is -2.51. The fourth-order valence-electron chi connectivity index (χ4n) is 8.48. The summed E-state index contributed by atoms with van der Waals surface area (Å²) in [5.74, 6) is 0.595. The summed E-state index contributed by atoms with van der Waals surface area (Å²) >= 11 is 0. The Balaban J connectivity index is 1.24. The molecule has 0 bridgehead atoms. The highest BCUT2D eigenvalue weighted by Gasteiger charge is 2.66. The third kappa shape index (κ3) is 6.22. The van der Waals surface area contributed by atoms with E-state index in [1.165, 1.54) is 5.19 Å². The van der Waals surface area contributed by atoms with Crippen molar-refractivity contribution in [1.29, 1.82) is 0 Å². The minimum Gasteiger partial charge on any atom is -0.497 e. The molecule has 268 valence electrons. The van der Waals surface area contributed by atoms with Gasteiger partial charge in [-0.2, -0.15) is 0 Å². The summed E-state index contributed by atoms with van der Waals surface area (Å²) < 4.78 is 14.6. The molecule has 1 N–H and O–H groups in total. The van der Waals surface area contributed by atoms with Gasteiger partial charge in [0.1, 0.15) is 5.75 Å². The Labute approximate surface area is 305 Å². The highest BCUT2D eigenvalue weighted by molar-refractivity contribution is 6.91. The average Bonchev–Trinajstić information content (AvgIpc) is 3.82. The number of methoxy groups -OCH3 is 1. The quantitative estimate of drug-likeness (QED) is 0.118. The average molecular weight is 716 g/mol. The third-order valence-electron chi connectivity index (χ3n) is 11.0. The van der Waals surface area contributed by atoms with Crippen LogP contribution in [-0.4, -0.2) is 60.3 Å². The van der Waals surface area contributed by atoms with Gasteiger partial charge >= 0.3 is 0 Å². The Bertz CT molecular complexity index is 2040. The minimum atomic E-state index is -2.32. The van der Waals surface area contributed by atoms with E-state index < -0.39 is 13.7 Å². The van der Waals surface area contributed by atoms with Gasteiger partial charge in [-0.3, -0.25) is 19.2 Å². The van der Waals surface area contributed by atoms with Crippen molar-refractivity contribution < 1.29 is 24.2 Å². The van der Waals surface area contributed by atoms with Gasteiger partial charge in [0, 0.05) is 48.6 Å². The molecule has 4 atom stereocenters. The maximum absolute atomic E-state index is 15.2. The number of fused-ring (bicyclic) bond motifs is 2. The van der Waals surface area contributed by atoms with Gasteiger partial charge in [0.2, 0.25) is 6.41 Å². The number of carbonyl (C=O) groups excluding carboxylic acids is 2. The number of carbonyl (C=O) groups is 2. The van der Waals surface area contributed by atoms with Crippen molar-refractivity contribution in [3.8, 4) is 5.75 Å². The zero-order valence-electron chi connectivity index (χ0n) is 30.1. The van der Waals surface area contributed by atoms with E-state index >= 15 is 4.79 Å². The summed E-state index contributed by atoms with van der Waals surface area (Å²) in [5, 5.41) is 19.2. The standard InChI is InChI=1S/C41H45N5O5Si/c1-29-39(52(3,4)35-19-17-34(50-2)18-20-35)38(21-23-44-27-31(22-24-47)42-43-44)51-41(29)36-15-8-9-16-37(36)45(40(41)49)26-30-11-10-14-33(25-30)46(28-48)32-12-6-5-7-13-32/h5-20,25,27-29,38-39,47H,21-24,26H2,1-4H3/t29-,38+,39-,41+/m0/s1. The van der Waals surface area contributed by atoms with Crippen molar-refractivity contribution >= 4 is 42.6 Å². The largest absolute Gasteiger partial charge is 0.497 e. The number of benzene rings is 4. The fourth-order valence-corrected chi connectivity index (χ4v) is 12.5. The molecule has 7 rings (SSSR count). The van der Waals surface area contributed by atoms with Crippen molar-refractivity contribution in [2.45, 2.75) is 63.2 Å². The number of aliphatic hydroxyl groups excluding tert-OH is 1. The number of hydrogen-bond donors (Lipinski definition) is 1. The number of ether oxygens (including phenoxy) is 2. The molecule has 52 heavy (non-hydrogen) atoms. The van der Waals surface area contributed by atoms with Crippen LogP contribution in [0.25, 0.3) is 0 Å². The van der Waals surface area contributed by atoms with Crippen LogP contribution in [0.3, 0.4) is 0 Å². The molecular formula is C41H45N5O5Si. The van der Waals surface area contributed by atoms with Crippen molar-refractivity contribution in [3.05, 3.63) is 126 Å². The molecule has 11 heteroatoms. The maximum Gasteiger partial charge on any atom is 0.264 e. The Kier molecular flexibility index (Phi) is 9.84. The molecule has 0 unspecified atom stereocenters. The number of rotatable bonds is 13. The topological polar surface area (TPSA) is 110 Å². The predicted octanol–water partition coefficient (Wildman–Crippen LogP) is 5.97. The smallest absolute Gasteiger partial charge is 0.264 e. The Hall–Kier alpha value is -5.10. The molecule has 5 aromatic rings. The number of aliphatic hydroxyl groups is 1. The zero-order valence-corrected chi connectivity index (χ0v) is 31.1. The number of aromatic nitrogens is 3. The van der Waals surface area contributed by atoms with Crippen LogP contribution in [0.2, 0.25) is 18.6 Å². The van der Waals surface area contributed by atoms with Crippen LogP contribution in [0.15, 0.2) is 109 Å².